The Morgan fingerprint density at radius 1 is 1.10 bits per heavy atom. The van der Waals surface area contributed by atoms with Crippen molar-refractivity contribution in [3.8, 4) is 12.1 Å². The molecular weight excluding hydrogens is 551 g/mol. The van der Waals surface area contributed by atoms with Gasteiger partial charge < -0.3 is 16.1 Å². The van der Waals surface area contributed by atoms with Crippen molar-refractivity contribution in [3.05, 3.63) is 70.6 Å². The van der Waals surface area contributed by atoms with Gasteiger partial charge in [0, 0.05) is 30.0 Å². The number of nitrogens with zero attached hydrogens (tertiary/aromatic N) is 5. The second kappa shape index (κ2) is 10.8. The Bertz CT molecular complexity index is 1720. The number of pyridine rings is 1. The average molecular weight is 578 g/mol. The van der Waals surface area contributed by atoms with Crippen LogP contribution in [0.4, 0.5) is 24.5 Å². The average Bonchev–Trinajstić information content (AvgIpc) is 3.58. The van der Waals surface area contributed by atoms with Crippen LogP contribution in [0.1, 0.15) is 43.5 Å². The predicted octanol–water partition coefficient (Wildman–Crippen LogP) is 5.93. The molecule has 0 radical (unpaired) electrons. The zero-order chi connectivity index (χ0) is 29.4. The first kappa shape index (κ1) is 28.0. The number of hydrazine groups is 2. The van der Waals surface area contributed by atoms with E-state index in [1.807, 2.05) is 18.2 Å². The van der Waals surface area contributed by atoms with Gasteiger partial charge in [-0.05, 0) is 29.2 Å². The highest BCUT2D eigenvalue weighted by atomic mass is 32.1. The van der Waals surface area contributed by atoms with Gasteiger partial charge in [0.1, 0.15) is 18.7 Å². The highest BCUT2D eigenvalue weighted by molar-refractivity contribution is 7.17. The normalized spacial score (nSPS) is 14.3. The van der Waals surface area contributed by atoms with E-state index in [1.165, 1.54) is 23.7 Å². The number of alkyl halides is 3. The molecule has 1 aliphatic rings. The second-order valence-corrected chi connectivity index (χ2v) is 11.6. The van der Waals surface area contributed by atoms with Crippen molar-refractivity contribution < 1.29 is 13.2 Å². The van der Waals surface area contributed by atoms with Gasteiger partial charge in [-0.15, -0.1) is 16.9 Å². The highest BCUT2D eigenvalue weighted by Crippen LogP contribution is 2.37. The molecule has 0 saturated carbocycles. The van der Waals surface area contributed by atoms with E-state index < -0.39 is 18.8 Å². The Balaban J connectivity index is 1.63. The molecule has 0 fully saturated rings. The molecule has 0 unspecified atom stereocenters. The summed E-state index contributed by atoms with van der Waals surface area (Å²) in [5, 5.41) is 28.1. The van der Waals surface area contributed by atoms with Gasteiger partial charge in [-0.2, -0.15) is 23.7 Å². The van der Waals surface area contributed by atoms with Crippen LogP contribution in [0.15, 0.2) is 53.9 Å². The number of thiazole rings is 1. The van der Waals surface area contributed by atoms with Gasteiger partial charge in [0.05, 0.1) is 49.8 Å². The quantitative estimate of drug-likeness (QED) is 0.212. The topological polar surface area (TPSA) is 125 Å². The number of benzene rings is 2. The van der Waals surface area contributed by atoms with Gasteiger partial charge in [-0.25, -0.2) is 4.98 Å². The third-order valence-electron chi connectivity index (χ3n) is 6.32. The van der Waals surface area contributed by atoms with Gasteiger partial charge >= 0.3 is 6.18 Å². The van der Waals surface area contributed by atoms with Gasteiger partial charge in [-0.1, -0.05) is 32.9 Å². The standard InChI is InChI=1S/C28H26F3N9S/c1-27(2,3)13-35-24-17(10-33)11-34-23-16(9-32)7-18(8-20(23)24)37-25(19-5-4-6-21-26(19)41-15-36-21)22-12-40(39-38-22)14-28(29,30)31/h4-8,11-12,15,25,37-39H,13-14H2,1-3H3,(H,34,35)/t25-/m0/s1. The van der Waals surface area contributed by atoms with Crippen molar-refractivity contribution in [2.24, 2.45) is 5.41 Å². The number of nitrogens with one attached hydrogen (secondary N) is 4. The molecule has 2 aromatic carbocycles. The van der Waals surface area contributed by atoms with Crippen molar-refractivity contribution in [2.45, 2.75) is 33.0 Å². The summed E-state index contributed by atoms with van der Waals surface area (Å²) in [6.07, 6.45) is -1.60. The number of anilines is 2. The molecule has 9 nitrogen and oxygen atoms in total. The third-order valence-corrected chi connectivity index (χ3v) is 7.21. The lowest BCUT2D eigenvalue weighted by molar-refractivity contribution is -0.145. The first-order chi connectivity index (χ1) is 19.5. The monoisotopic (exact) mass is 577 g/mol. The van der Waals surface area contributed by atoms with Gasteiger partial charge in [0.15, 0.2) is 0 Å². The minimum atomic E-state index is -4.41. The Morgan fingerprint density at radius 2 is 1.88 bits per heavy atom. The number of fused-ring (bicyclic) bond motifs is 2. The molecule has 2 aromatic heterocycles. The van der Waals surface area contributed by atoms with Crippen molar-refractivity contribution in [2.75, 3.05) is 23.7 Å². The van der Waals surface area contributed by atoms with E-state index in [4.69, 9.17) is 0 Å². The summed E-state index contributed by atoms with van der Waals surface area (Å²) in [7, 11) is 0. The molecule has 1 aliphatic heterocycles. The number of halogens is 3. The summed E-state index contributed by atoms with van der Waals surface area (Å²) < 4.78 is 40.2. The first-order valence-corrected chi connectivity index (χ1v) is 13.5. The molecule has 210 valence electrons. The number of aromatic nitrogens is 2. The number of nitriles is 2. The lowest BCUT2D eigenvalue weighted by atomic mass is 9.96. The van der Waals surface area contributed by atoms with Crippen LogP contribution in [0.3, 0.4) is 0 Å². The number of hydrogen-bond donors (Lipinski definition) is 4. The molecule has 0 saturated heterocycles. The molecule has 41 heavy (non-hydrogen) atoms. The van der Waals surface area contributed by atoms with Gasteiger partial charge in [-0.3, -0.25) is 9.99 Å². The molecule has 4 aromatic rings. The molecule has 0 bridgehead atoms. The van der Waals surface area contributed by atoms with Crippen molar-refractivity contribution in [1.82, 2.24) is 25.9 Å². The lowest BCUT2D eigenvalue weighted by Gasteiger charge is -2.23. The highest BCUT2D eigenvalue weighted by Gasteiger charge is 2.33. The fourth-order valence-corrected chi connectivity index (χ4v) is 5.35. The minimum Gasteiger partial charge on any atom is -0.383 e. The molecule has 4 N–H and O–H groups in total. The van der Waals surface area contributed by atoms with E-state index in [9.17, 15) is 23.7 Å². The molecule has 0 spiro atoms. The van der Waals surface area contributed by atoms with Crippen LogP contribution < -0.4 is 21.6 Å². The molecule has 3 heterocycles. The van der Waals surface area contributed by atoms with Crippen LogP contribution in [0, 0.1) is 28.1 Å². The van der Waals surface area contributed by atoms with E-state index in [0.29, 0.717) is 40.1 Å². The molecule has 0 aliphatic carbocycles. The second-order valence-electron chi connectivity index (χ2n) is 10.8. The van der Waals surface area contributed by atoms with Gasteiger partial charge in [0.25, 0.3) is 0 Å². The minimum absolute atomic E-state index is 0.0926. The summed E-state index contributed by atoms with van der Waals surface area (Å²) in [4.78, 5) is 8.78. The number of hydrogen-bond acceptors (Lipinski definition) is 10. The summed E-state index contributed by atoms with van der Waals surface area (Å²) in [6.45, 7) is 5.55. The van der Waals surface area contributed by atoms with Crippen molar-refractivity contribution in [3.63, 3.8) is 0 Å². The summed E-state index contributed by atoms with van der Waals surface area (Å²) >= 11 is 1.42. The molecular formula is C28H26F3N9S. The zero-order valence-corrected chi connectivity index (χ0v) is 23.2. The summed E-state index contributed by atoms with van der Waals surface area (Å²) in [5.74, 6) is 0. The van der Waals surface area contributed by atoms with Gasteiger partial charge in [0.2, 0.25) is 0 Å². The Morgan fingerprint density at radius 3 is 2.59 bits per heavy atom. The molecule has 1 atom stereocenters. The Kier molecular flexibility index (Phi) is 7.34. The maximum Gasteiger partial charge on any atom is 0.407 e. The Hall–Kier alpha value is -4.59. The van der Waals surface area contributed by atoms with E-state index in [-0.39, 0.29) is 11.0 Å². The lowest BCUT2D eigenvalue weighted by Crippen LogP contribution is -2.42. The van der Waals surface area contributed by atoms with E-state index in [1.54, 1.807) is 17.6 Å². The van der Waals surface area contributed by atoms with Crippen LogP contribution in [0.25, 0.3) is 21.1 Å². The van der Waals surface area contributed by atoms with Crippen molar-refractivity contribution in [1.29, 1.82) is 10.5 Å². The predicted molar refractivity (Wildman–Crippen MR) is 152 cm³/mol. The Labute approximate surface area is 238 Å². The van der Waals surface area contributed by atoms with E-state index >= 15 is 0 Å². The molecule has 5 rings (SSSR count). The molecule has 0 amide bonds. The summed E-state index contributed by atoms with van der Waals surface area (Å²) in [6, 6.07) is 12.7. The maximum atomic E-state index is 13.1. The summed E-state index contributed by atoms with van der Waals surface area (Å²) in [5.41, 5.74) is 11.2. The maximum absolute atomic E-state index is 13.1. The van der Waals surface area contributed by atoms with Crippen LogP contribution in [0.5, 0.6) is 0 Å². The van der Waals surface area contributed by atoms with Crippen molar-refractivity contribution >= 4 is 43.8 Å². The molecule has 13 heteroatoms. The first-order valence-electron chi connectivity index (χ1n) is 12.6. The van der Waals surface area contributed by atoms with Crippen LogP contribution >= 0.6 is 11.3 Å². The third kappa shape index (κ3) is 6.11. The van der Waals surface area contributed by atoms with Crippen LogP contribution in [0.2, 0.25) is 0 Å². The van der Waals surface area contributed by atoms with E-state index in [2.05, 4.69) is 64.5 Å². The smallest absolute Gasteiger partial charge is 0.383 e. The van der Waals surface area contributed by atoms with Crippen LogP contribution in [-0.2, 0) is 0 Å². The van der Waals surface area contributed by atoms with Crippen LogP contribution in [-0.4, -0.2) is 34.2 Å². The SMILES string of the molecule is CC(C)(C)CNc1c(C#N)cnc2c(C#N)cc(N[C@H](C3=CN(CC(F)(F)F)NN3)c3cccc4ncsc34)cc12. The fourth-order valence-electron chi connectivity index (χ4n) is 4.52. The number of rotatable bonds is 7. The zero-order valence-electron chi connectivity index (χ0n) is 22.4. The largest absolute Gasteiger partial charge is 0.407 e. The van der Waals surface area contributed by atoms with E-state index in [0.717, 1.165) is 20.8 Å². The fraction of sp³-hybridized carbons (Fsp3) is 0.286.